The molecule has 0 unspecified atom stereocenters. The SMILES string of the molecule is Cc1oc(CN)cc1S(=O)(=O)NCCc1cscn1. The van der Waals surface area contributed by atoms with Crippen LogP contribution < -0.4 is 10.5 Å². The summed E-state index contributed by atoms with van der Waals surface area (Å²) in [4.78, 5) is 4.24. The molecule has 0 atom stereocenters. The van der Waals surface area contributed by atoms with E-state index >= 15 is 0 Å². The molecule has 2 aromatic heterocycles. The zero-order valence-corrected chi connectivity index (χ0v) is 12.1. The van der Waals surface area contributed by atoms with Crippen molar-refractivity contribution in [2.24, 2.45) is 5.73 Å². The normalized spacial score (nSPS) is 11.9. The molecule has 0 aromatic carbocycles. The lowest BCUT2D eigenvalue weighted by atomic mass is 10.3. The Morgan fingerprint density at radius 3 is 2.89 bits per heavy atom. The molecule has 8 heteroatoms. The Morgan fingerprint density at radius 2 is 2.32 bits per heavy atom. The van der Waals surface area contributed by atoms with Crippen molar-refractivity contribution in [3.63, 3.8) is 0 Å². The van der Waals surface area contributed by atoms with E-state index in [0.717, 1.165) is 5.69 Å². The zero-order chi connectivity index (χ0) is 13.9. The van der Waals surface area contributed by atoms with E-state index in [-0.39, 0.29) is 11.4 Å². The minimum Gasteiger partial charge on any atom is -0.464 e. The van der Waals surface area contributed by atoms with Crippen molar-refractivity contribution < 1.29 is 12.8 Å². The number of aryl methyl sites for hydroxylation is 1. The number of furan rings is 1. The summed E-state index contributed by atoms with van der Waals surface area (Å²) in [6, 6.07) is 1.46. The van der Waals surface area contributed by atoms with Crippen LogP contribution in [0.3, 0.4) is 0 Å². The van der Waals surface area contributed by atoms with Crippen molar-refractivity contribution in [1.29, 1.82) is 0 Å². The second kappa shape index (κ2) is 5.83. The van der Waals surface area contributed by atoms with Crippen molar-refractivity contribution in [3.8, 4) is 0 Å². The van der Waals surface area contributed by atoms with Crippen LogP contribution in [0.5, 0.6) is 0 Å². The summed E-state index contributed by atoms with van der Waals surface area (Å²) < 4.78 is 31.9. The van der Waals surface area contributed by atoms with E-state index in [2.05, 4.69) is 9.71 Å². The smallest absolute Gasteiger partial charge is 0.244 e. The molecular weight excluding hydrogens is 286 g/mol. The van der Waals surface area contributed by atoms with Crippen molar-refractivity contribution in [3.05, 3.63) is 34.2 Å². The fourth-order valence-electron chi connectivity index (χ4n) is 1.64. The molecule has 2 rings (SSSR count). The molecule has 0 fully saturated rings. The van der Waals surface area contributed by atoms with E-state index in [4.69, 9.17) is 10.2 Å². The Hall–Kier alpha value is -1.22. The molecule has 6 nitrogen and oxygen atoms in total. The van der Waals surface area contributed by atoms with Crippen LogP contribution in [0, 0.1) is 6.92 Å². The average Bonchev–Trinajstić information content (AvgIpc) is 2.98. The van der Waals surface area contributed by atoms with E-state index in [1.54, 1.807) is 12.4 Å². The predicted octanol–water partition coefficient (Wildman–Crippen LogP) is 1.02. The molecule has 19 heavy (non-hydrogen) atoms. The van der Waals surface area contributed by atoms with Crippen LogP contribution in [0.15, 0.2) is 26.3 Å². The fourth-order valence-corrected chi connectivity index (χ4v) is 3.47. The van der Waals surface area contributed by atoms with Crippen LogP contribution in [0.25, 0.3) is 0 Å². The van der Waals surface area contributed by atoms with Crippen LogP contribution in [-0.2, 0) is 23.0 Å². The number of aromatic nitrogens is 1. The first-order valence-electron chi connectivity index (χ1n) is 5.69. The number of thiazole rings is 1. The van der Waals surface area contributed by atoms with Gasteiger partial charge in [-0.1, -0.05) is 0 Å². The summed E-state index contributed by atoms with van der Waals surface area (Å²) >= 11 is 1.49. The Morgan fingerprint density at radius 1 is 1.53 bits per heavy atom. The number of nitrogens with one attached hydrogen (secondary N) is 1. The first-order chi connectivity index (χ1) is 9.03. The highest BCUT2D eigenvalue weighted by molar-refractivity contribution is 7.89. The minimum absolute atomic E-state index is 0.145. The van der Waals surface area contributed by atoms with Crippen molar-refractivity contribution >= 4 is 21.4 Å². The summed E-state index contributed by atoms with van der Waals surface area (Å²) in [6.45, 7) is 2.08. The number of sulfonamides is 1. The van der Waals surface area contributed by atoms with Gasteiger partial charge in [0.2, 0.25) is 10.0 Å². The molecule has 3 N–H and O–H groups in total. The van der Waals surface area contributed by atoms with E-state index < -0.39 is 10.0 Å². The molecule has 0 aliphatic heterocycles. The van der Waals surface area contributed by atoms with E-state index in [0.29, 0.717) is 24.5 Å². The molecule has 0 aliphatic rings. The van der Waals surface area contributed by atoms with Gasteiger partial charge in [-0.15, -0.1) is 11.3 Å². The number of hydrogen-bond acceptors (Lipinski definition) is 6. The summed E-state index contributed by atoms with van der Waals surface area (Å²) in [6.07, 6.45) is 0.559. The maximum Gasteiger partial charge on any atom is 0.244 e. The first-order valence-corrected chi connectivity index (χ1v) is 8.11. The largest absolute Gasteiger partial charge is 0.464 e. The van der Waals surface area contributed by atoms with E-state index in [1.807, 2.05) is 5.38 Å². The van der Waals surface area contributed by atoms with Crippen molar-refractivity contribution in [2.75, 3.05) is 6.54 Å². The lowest BCUT2D eigenvalue weighted by Gasteiger charge is -2.04. The lowest BCUT2D eigenvalue weighted by molar-refractivity contribution is 0.478. The highest BCUT2D eigenvalue weighted by Gasteiger charge is 2.20. The predicted molar refractivity (Wildman–Crippen MR) is 72.3 cm³/mol. The van der Waals surface area contributed by atoms with Crippen LogP contribution in [0.1, 0.15) is 17.2 Å². The second-order valence-electron chi connectivity index (χ2n) is 3.96. The average molecular weight is 301 g/mol. The van der Waals surface area contributed by atoms with Crippen LogP contribution in [0.4, 0.5) is 0 Å². The Kier molecular flexibility index (Phi) is 4.35. The number of rotatable bonds is 6. The number of nitrogens with zero attached hydrogens (tertiary/aromatic N) is 1. The Balaban J connectivity index is 2.03. The standard InChI is InChI=1S/C11H15N3O3S2/c1-8-11(4-10(5-12)17-8)19(15,16)14-3-2-9-6-18-7-13-9/h4,6-7,14H,2-3,5,12H2,1H3. The Bertz CT molecular complexity index is 632. The third kappa shape index (κ3) is 3.41. The van der Waals surface area contributed by atoms with E-state index in [9.17, 15) is 8.42 Å². The minimum atomic E-state index is -3.56. The highest BCUT2D eigenvalue weighted by Crippen LogP contribution is 2.19. The third-order valence-electron chi connectivity index (χ3n) is 2.57. The highest BCUT2D eigenvalue weighted by atomic mass is 32.2. The molecule has 0 aliphatic carbocycles. The van der Waals surface area contributed by atoms with Gasteiger partial charge in [0.1, 0.15) is 16.4 Å². The van der Waals surface area contributed by atoms with Gasteiger partial charge in [0.25, 0.3) is 0 Å². The molecule has 0 bridgehead atoms. The van der Waals surface area contributed by atoms with Gasteiger partial charge in [-0.05, 0) is 6.92 Å². The van der Waals surface area contributed by atoms with Gasteiger partial charge in [-0.2, -0.15) is 0 Å². The summed E-state index contributed by atoms with van der Waals surface area (Å²) in [5.74, 6) is 0.805. The van der Waals surface area contributed by atoms with Gasteiger partial charge < -0.3 is 10.2 Å². The van der Waals surface area contributed by atoms with Gasteiger partial charge in [0.05, 0.1) is 17.7 Å². The van der Waals surface area contributed by atoms with Gasteiger partial charge >= 0.3 is 0 Å². The maximum absolute atomic E-state index is 12.1. The van der Waals surface area contributed by atoms with Crippen molar-refractivity contribution in [1.82, 2.24) is 9.71 Å². The van der Waals surface area contributed by atoms with Crippen LogP contribution in [-0.4, -0.2) is 19.9 Å². The van der Waals surface area contributed by atoms with Gasteiger partial charge in [0.15, 0.2) is 0 Å². The maximum atomic E-state index is 12.1. The van der Waals surface area contributed by atoms with Crippen molar-refractivity contribution in [2.45, 2.75) is 24.8 Å². The summed E-state index contributed by atoms with van der Waals surface area (Å²) in [7, 11) is -3.56. The molecule has 104 valence electrons. The molecule has 0 radical (unpaired) electrons. The second-order valence-corrected chi connectivity index (χ2v) is 6.42. The van der Waals surface area contributed by atoms with Gasteiger partial charge in [-0.3, -0.25) is 0 Å². The quantitative estimate of drug-likeness (QED) is 0.830. The number of hydrogen-bond donors (Lipinski definition) is 2. The molecule has 2 aromatic rings. The van der Waals surface area contributed by atoms with E-state index in [1.165, 1.54) is 17.4 Å². The molecule has 0 spiro atoms. The summed E-state index contributed by atoms with van der Waals surface area (Å²) in [5, 5.41) is 1.89. The molecule has 0 saturated carbocycles. The van der Waals surface area contributed by atoms with Gasteiger partial charge in [0, 0.05) is 24.4 Å². The molecular formula is C11H15N3O3S2. The van der Waals surface area contributed by atoms with Gasteiger partial charge in [-0.25, -0.2) is 18.1 Å². The summed E-state index contributed by atoms with van der Waals surface area (Å²) in [5.41, 5.74) is 8.02. The zero-order valence-electron chi connectivity index (χ0n) is 10.4. The topological polar surface area (TPSA) is 98.2 Å². The molecule has 0 saturated heterocycles. The molecule has 2 heterocycles. The molecule has 0 amide bonds. The monoisotopic (exact) mass is 301 g/mol. The van der Waals surface area contributed by atoms with Crippen LogP contribution >= 0.6 is 11.3 Å². The first kappa shape index (κ1) is 14.2. The third-order valence-corrected chi connectivity index (χ3v) is 4.77. The Labute approximate surface area is 115 Å². The van der Waals surface area contributed by atoms with Crippen LogP contribution in [0.2, 0.25) is 0 Å². The number of nitrogens with two attached hydrogens (primary N) is 1. The fraction of sp³-hybridized carbons (Fsp3) is 0.364. The lowest BCUT2D eigenvalue weighted by Crippen LogP contribution is -2.26.